The number of rotatable bonds is 6. The molecule has 1 saturated heterocycles. The van der Waals surface area contributed by atoms with Crippen LogP contribution in [0.25, 0.3) is 11.3 Å². The highest BCUT2D eigenvalue weighted by Crippen LogP contribution is 2.31. The molecule has 0 atom stereocenters. The zero-order chi connectivity index (χ0) is 20.4. The summed E-state index contributed by atoms with van der Waals surface area (Å²) in [5.74, 6) is 2.19. The van der Waals surface area contributed by atoms with Gasteiger partial charge in [0.15, 0.2) is 6.29 Å². The zero-order valence-corrected chi connectivity index (χ0v) is 17.4. The number of aryl methyl sites for hydroxylation is 1. The lowest BCUT2D eigenvalue weighted by Crippen LogP contribution is -2.20. The van der Waals surface area contributed by atoms with Crippen LogP contribution in [-0.4, -0.2) is 33.8 Å². The molecular weight excluding hydrogens is 386 g/mol. The van der Waals surface area contributed by atoms with Crippen molar-refractivity contribution in [1.82, 2.24) is 14.5 Å². The average Bonchev–Trinajstić information content (AvgIpc) is 3.31. The van der Waals surface area contributed by atoms with Crippen molar-refractivity contribution < 1.29 is 9.53 Å². The second-order valence-electron chi connectivity index (χ2n) is 7.43. The maximum atomic E-state index is 11.2. The van der Waals surface area contributed by atoms with Crippen LogP contribution in [0, 0.1) is 6.92 Å². The molecule has 150 valence electrons. The highest BCUT2D eigenvalue weighted by atomic mass is 35.5. The van der Waals surface area contributed by atoms with E-state index in [2.05, 4.69) is 23.4 Å². The topological polar surface area (TPSA) is 47.4 Å². The highest BCUT2D eigenvalue weighted by Gasteiger charge is 2.18. The molecule has 0 saturated carbocycles. The molecule has 1 fully saturated rings. The van der Waals surface area contributed by atoms with Gasteiger partial charge in [-0.2, -0.15) is 0 Å². The minimum absolute atomic E-state index is 0.449. The largest absolute Gasteiger partial charge is 0.457 e. The average molecular weight is 410 g/mol. The van der Waals surface area contributed by atoms with Gasteiger partial charge >= 0.3 is 0 Å². The second kappa shape index (κ2) is 8.39. The Kier molecular flexibility index (Phi) is 5.69. The predicted octanol–water partition coefficient (Wildman–Crippen LogP) is 5.25. The third kappa shape index (κ3) is 4.21. The lowest BCUT2D eigenvalue weighted by atomic mass is 10.1. The van der Waals surface area contributed by atoms with Gasteiger partial charge < -0.3 is 9.30 Å². The highest BCUT2D eigenvalue weighted by molar-refractivity contribution is 6.30. The molecule has 0 aliphatic carbocycles. The van der Waals surface area contributed by atoms with Crippen molar-refractivity contribution >= 4 is 17.9 Å². The smallest absolute Gasteiger partial charge is 0.153 e. The number of ether oxygens (including phenoxy) is 1. The summed E-state index contributed by atoms with van der Waals surface area (Å²) in [5.41, 5.74) is 3.68. The molecule has 0 N–H and O–H groups in total. The molecule has 6 heteroatoms. The Morgan fingerprint density at radius 1 is 1.14 bits per heavy atom. The summed E-state index contributed by atoms with van der Waals surface area (Å²) in [6.07, 6.45) is 3.31. The van der Waals surface area contributed by atoms with Gasteiger partial charge in [0, 0.05) is 23.7 Å². The molecule has 1 aliphatic heterocycles. The van der Waals surface area contributed by atoms with Gasteiger partial charge in [-0.25, -0.2) is 4.98 Å². The molecular formula is C23H24ClN3O2. The fourth-order valence-electron chi connectivity index (χ4n) is 3.88. The third-order valence-corrected chi connectivity index (χ3v) is 5.62. The minimum Gasteiger partial charge on any atom is -0.457 e. The number of benzene rings is 2. The van der Waals surface area contributed by atoms with Crippen molar-refractivity contribution in [2.45, 2.75) is 26.3 Å². The van der Waals surface area contributed by atoms with Crippen LogP contribution < -0.4 is 4.74 Å². The van der Waals surface area contributed by atoms with Crippen LogP contribution in [-0.2, 0) is 13.6 Å². The molecule has 0 spiro atoms. The van der Waals surface area contributed by atoms with E-state index in [0.29, 0.717) is 22.1 Å². The van der Waals surface area contributed by atoms with Crippen molar-refractivity contribution in [3.63, 3.8) is 0 Å². The number of hydrogen-bond acceptors (Lipinski definition) is 4. The van der Waals surface area contributed by atoms with Crippen LogP contribution in [0.15, 0.2) is 42.5 Å². The minimum atomic E-state index is 0.449. The monoisotopic (exact) mass is 409 g/mol. The van der Waals surface area contributed by atoms with Gasteiger partial charge in [0.25, 0.3) is 0 Å². The molecule has 2 aromatic carbocycles. The maximum absolute atomic E-state index is 11.2. The molecule has 29 heavy (non-hydrogen) atoms. The fourth-order valence-corrected chi connectivity index (χ4v) is 4.04. The number of carbonyl (C=O) groups excluding carboxylic acids is 1. The summed E-state index contributed by atoms with van der Waals surface area (Å²) in [4.78, 5) is 18.5. The van der Waals surface area contributed by atoms with Crippen molar-refractivity contribution in [1.29, 1.82) is 0 Å². The van der Waals surface area contributed by atoms with E-state index in [1.165, 1.54) is 12.8 Å². The van der Waals surface area contributed by atoms with Crippen molar-refractivity contribution in [2.75, 3.05) is 13.1 Å². The van der Waals surface area contributed by atoms with E-state index in [0.717, 1.165) is 48.7 Å². The molecule has 0 bridgehead atoms. The van der Waals surface area contributed by atoms with Crippen molar-refractivity contribution in [3.05, 3.63) is 64.6 Å². The number of hydrogen-bond donors (Lipinski definition) is 0. The van der Waals surface area contributed by atoms with Crippen LogP contribution in [0.4, 0.5) is 0 Å². The summed E-state index contributed by atoms with van der Waals surface area (Å²) in [5, 5.41) is 0.526. The van der Waals surface area contributed by atoms with Crippen LogP contribution in [0.2, 0.25) is 5.02 Å². The van der Waals surface area contributed by atoms with Gasteiger partial charge in [0.05, 0.1) is 23.5 Å². The summed E-state index contributed by atoms with van der Waals surface area (Å²) in [6.45, 7) is 5.25. The third-order valence-electron chi connectivity index (χ3n) is 5.38. The lowest BCUT2D eigenvalue weighted by Gasteiger charge is -2.14. The molecule has 0 unspecified atom stereocenters. The molecule has 0 radical (unpaired) electrons. The van der Waals surface area contributed by atoms with E-state index >= 15 is 0 Å². The number of carbonyl (C=O) groups is 1. The quantitative estimate of drug-likeness (QED) is 0.522. The number of aromatic nitrogens is 2. The van der Waals surface area contributed by atoms with E-state index in [-0.39, 0.29) is 0 Å². The Bertz CT molecular complexity index is 1020. The number of aldehydes is 1. The van der Waals surface area contributed by atoms with Crippen LogP contribution in [0.3, 0.4) is 0 Å². The molecule has 5 nitrogen and oxygen atoms in total. The van der Waals surface area contributed by atoms with E-state index < -0.39 is 0 Å². The first-order chi connectivity index (χ1) is 14.0. The molecule has 3 aromatic rings. The van der Waals surface area contributed by atoms with Gasteiger partial charge in [0.1, 0.15) is 17.3 Å². The van der Waals surface area contributed by atoms with E-state index in [9.17, 15) is 4.79 Å². The van der Waals surface area contributed by atoms with Crippen LogP contribution in [0.1, 0.15) is 34.7 Å². The lowest BCUT2D eigenvalue weighted by molar-refractivity contribution is 0.112. The molecule has 4 rings (SSSR count). The SMILES string of the molecule is Cc1nc(CN2CCCC2)n(C)c1-c1ccc(Oc2cc(Cl)ccc2C=O)cc1. The Balaban J connectivity index is 1.56. The first kappa shape index (κ1) is 19.7. The maximum Gasteiger partial charge on any atom is 0.153 e. The Morgan fingerprint density at radius 3 is 2.55 bits per heavy atom. The first-order valence-corrected chi connectivity index (χ1v) is 10.2. The standard InChI is InChI=1S/C23H24ClN3O2/c1-16-23(26(2)22(25-16)14-27-11-3-4-12-27)17-6-9-20(10-7-17)29-21-13-19(24)8-5-18(21)15-28/h5-10,13,15H,3-4,11-12,14H2,1-2H3. The Hall–Kier alpha value is -2.63. The summed E-state index contributed by atoms with van der Waals surface area (Å²) in [6, 6.07) is 12.8. The van der Waals surface area contributed by atoms with E-state index in [1.807, 2.05) is 24.3 Å². The number of nitrogens with zero attached hydrogens (tertiary/aromatic N) is 3. The number of imidazole rings is 1. The van der Waals surface area contributed by atoms with Crippen LogP contribution >= 0.6 is 11.6 Å². The molecule has 2 heterocycles. The van der Waals surface area contributed by atoms with E-state index in [4.69, 9.17) is 21.3 Å². The van der Waals surface area contributed by atoms with Crippen molar-refractivity contribution in [3.8, 4) is 22.8 Å². The van der Waals surface area contributed by atoms with Gasteiger partial charge in [-0.3, -0.25) is 9.69 Å². The summed E-state index contributed by atoms with van der Waals surface area (Å²) >= 11 is 6.03. The van der Waals surface area contributed by atoms with Gasteiger partial charge in [-0.1, -0.05) is 11.6 Å². The van der Waals surface area contributed by atoms with Gasteiger partial charge in [0.2, 0.25) is 0 Å². The summed E-state index contributed by atoms with van der Waals surface area (Å²) < 4.78 is 8.07. The predicted molar refractivity (Wildman–Crippen MR) is 115 cm³/mol. The number of likely N-dealkylation sites (tertiary alicyclic amines) is 1. The van der Waals surface area contributed by atoms with Crippen LogP contribution in [0.5, 0.6) is 11.5 Å². The number of halogens is 1. The van der Waals surface area contributed by atoms with E-state index in [1.54, 1.807) is 18.2 Å². The van der Waals surface area contributed by atoms with Crippen molar-refractivity contribution in [2.24, 2.45) is 7.05 Å². The Labute approximate surface area is 175 Å². The van der Waals surface area contributed by atoms with Gasteiger partial charge in [-0.05, 0) is 69.3 Å². The summed E-state index contributed by atoms with van der Waals surface area (Å²) in [7, 11) is 2.08. The van der Waals surface area contributed by atoms with Gasteiger partial charge in [-0.15, -0.1) is 0 Å². The molecule has 1 aromatic heterocycles. The molecule has 1 aliphatic rings. The normalized spacial score (nSPS) is 14.3. The zero-order valence-electron chi connectivity index (χ0n) is 16.7. The fraction of sp³-hybridized carbons (Fsp3) is 0.304. The molecule has 0 amide bonds. The second-order valence-corrected chi connectivity index (χ2v) is 7.87. The Morgan fingerprint density at radius 2 is 1.86 bits per heavy atom. The first-order valence-electron chi connectivity index (χ1n) is 9.82.